The van der Waals surface area contributed by atoms with Gasteiger partial charge in [-0.25, -0.2) is 19.1 Å². The maximum Gasteiger partial charge on any atom is 0.419 e. The van der Waals surface area contributed by atoms with Crippen LogP contribution in [0.5, 0.6) is 0 Å². The summed E-state index contributed by atoms with van der Waals surface area (Å²) in [6.07, 6.45) is 4.19. The number of likely N-dealkylation sites (tertiary alicyclic amines) is 1. The first-order valence-electron chi connectivity index (χ1n) is 14.0. The molecular formula is C30H41N3O5. The van der Waals surface area contributed by atoms with Crippen molar-refractivity contribution in [2.24, 2.45) is 5.92 Å². The molecule has 2 amide bonds. The topological polar surface area (TPSA) is 81.1 Å². The minimum Gasteiger partial charge on any atom is -0.443 e. The number of aromatic nitrogens is 1. The fourth-order valence-electron chi connectivity index (χ4n) is 6.57. The van der Waals surface area contributed by atoms with E-state index in [1.165, 1.54) is 10.5 Å². The summed E-state index contributed by atoms with van der Waals surface area (Å²) in [4.78, 5) is 43.8. The Kier molecular flexibility index (Phi) is 6.83. The van der Waals surface area contributed by atoms with Crippen molar-refractivity contribution >= 4 is 29.0 Å². The minimum atomic E-state index is -0.654. The number of para-hydroxylation sites is 1. The number of piperidine rings is 2. The fourth-order valence-corrected chi connectivity index (χ4v) is 6.57. The van der Waals surface area contributed by atoms with Gasteiger partial charge in [0, 0.05) is 24.5 Å². The zero-order valence-corrected chi connectivity index (χ0v) is 23.6. The van der Waals surface area contributed by atoms with Gasteiger partial charge in [-0.1, -0.05) is 18.2 Å². The van der Waals surface area contributed by atoms with Crippen LogP contribution in [-0.4, -0.2) is 62.8 Å². The molecule has 0 radical (unpaired) electrons. The molecule has 2 fully saturated rings. The van der Waals surface area contributed by atoms with Crippen molar-refractivity contribution in [1.29, 1.82) is 0 Å². The Balaban J connectivity index is 1.49. The van der Waals surface area contributed by atoms with Crippen LogP contribution in [0.25, 0.3) is 10.9 Å². The number of carbonyl (C=O) groups is 3. The Labute approximate surface area is 225 Å². The minimum absolute atomic E-state index is 0.0159. The molecule has 5 rings (SSSR count). The highest BCUT2D eigenvalue weighted by molar-refractivity contribution is 5.95. The molecule has 0 N–H and O–H groups in total. The number of ether oxygens (including phenoxy) is 2. The van der Waals surface area contributed by atoms with Gasteiger partial charge in [0.1, 0.15) is 11.2 Å². The van der Waals surface area contributed by atoms with E-state index in [4.69, 9.17) is 9.47 Å². The standard InChI is InChI=1S/C30H41N3O5/c1-29(2,3)37-27(35)32-17-10-12-21(26(32)34)22-14-9-15-24-25-20(16-18-31(22)24)19-11-7-8-13-23(19)33(25)28(36)38-30(4,5)6/h7-8,11,13,21-22,24H,9-10,12,14-18H2,1-6H3/t21?,22-,24+/m0/s1. The second-order valence-corrected chi connectivity index (χ2v) is 12.9. The third kappa shape index (κ3) is 4.95. The van der Waals surface area contributed by atoms with E-state index in [2.05, 4.69) is 11.0 Å². The smallest absolute Gasteiger partial charge is 0.419 e. The Morgan fingerprint density at radius 1 is 0.868 bits per heavy atom. The highest BCUT2D eigenvalue weighted by atomic mass is 16.6. The second-order valence-electron chi connectivity index (χ2n) is 12.9. The Morgan fingerprint density at radius 2 is 1.55 bits per heavy atom. The van der Waals surface area contributed by atoms with Crippen LogP contribution >= 0.6 is 0 Å². The summed E-state index contributed by atoms with van der Waals surface area (Å²) in [6, 6.07) is 8.10. The van der Waals surface area contributed by atoms with E-state index >= 15 is 0 Å². The number of fused-ring (bicyclic) bond motifs is 5. The van der Waals surface area contributed by atoms with Gasteiger partial charge in [-0.05, 0) is 91.7 Å². The van der Waals surface area contributed by atoms with Gasteiger partial charge in [0.2, 0.25) is 5.91 Å². The normalized spacial score (nSPS) is 24.6. The van der Waals surface area contributed by atoms with Gasteiger partial charge in [0.25, 0.3) is 0 Å². The van der Waals surface area contributed by atoms with Crippen molar-refractivity contribution in [2.45, 2.75) is 103 Å². The van der Waals surface area contributed by atoms with E-state index in [9.17, 15) is 14.4 Å². The van der Waals surface area contributed by atoms with Crippen molar-refractivity contribution in [2.75, 3.05) is 13.1 Å². The number of hydrogen-bond donors (Lipinski definition) is 0. The molecule has 3 aliphatic heterocycles. The number of rotatable bonds is 1. The number of nitrogens with zero attached hydrogens (tertiary/aromatic N) is 3. The summed E-state index contributed by atoms with van der Waals surface area (Å²) < 4.78 is 13.2. The first-order valence-corrected chi connectivity index (χ1v) is 14.0. The fraction of sp³-hybridized carbons (Fsp3) is 0.633. The summed E-state index contributed by atoms with van der Waals surface area (Å²) in [5.41, 5.74) is 1.82. The highest BCUT2D eigenvalue weighted by Gasteiger charge is 2.47. The number of carbonyl (C=O) groups excluding carboxylic acids is 3. The summed E-state index contributed by atoms with van der Waals surface area (Å²) in [6.45, 7) is 12.3. The largest absolute Gasteiger partial charge is 0.443 e. The molecule has 2 aromatic rings. The van der Waals surface area contributed by atoms with Crippen molar-refractivity contribution in [3.8, 4) is 0 Å². The van der Waals surface area contributed by atoms with Crippen molar-refractivity contribution in [3.05, 3.63) is 35.5 Å². The van der Waals surface area contributed by atoms with Crippen LogP contribution in [0.15, 0.2) is 24.3 Å². The summed E-state index contributed by atoms with van der Waals surface area (Å²) in [5.74, 6) is -0.394. The van der Waals surface area contributed by atoms with Crippen LogP contribution in [-0.2, 0) is 20.7 Å². The number of imide groups is 1. The number of hydrogen-bond acceptors (Lipinski definition) is 6. The van der Waals surface area contributed by atoms with E-state index in [0.717, 1.165) is 61.7 Å². The maximum absolute atomic E-state index is 13.7. The van der Waals surface area contributed by atoms with E-state index in [-0.39, 0.29) is 30.0 Å². The first-order chi connectivity index (χ1) is 17.9. The highest BCUT2D eigenvalue weighted by Crippen LogP contribution is 2.46. The van der Waals surface area contributed by atoms with Crippen LogP contribution in [0.3, 0.4) is 0 Å². The monoisotopic (exact) mass is 523 g/mol. The lowest BCUT2D eigenvalue weighted by molar-refractivity contribution is -0.141. The third-order valence-corrected chi connectivity index (χ3v) is 7.89. The van der Waals surface area contributed by atoms with Crippen LogP contribution in [0, 0.1) is 5.92 Å². The van der Waals surface area contributed by atoms with Crippen molar-refractivity contribution in [3.63, 3.8) is 0 Å². The van der Waals surface area contributed by atoms with E-state index in [1.807, 2.05) is 59.7 Å². The molecule has 3 aliphatic rings. The van der Waals surface area contributed by atoms with Crippen LogP contribution in [0.4, 0.5) is 9.59 Å². The molecule has 1 aromatic heterocycles. The van der Waals surface area contributed by atoms with E-state index in [0.29, 0.717) is 6.54 Å². The second kappa shape index (κ2) is 9.70. The van der Waals surface area contributed by atoms with Gasteiger partial charge in [-0.2, -0.15) is 0 Å². The predicted octanol–water partition coefficient (Wildman–Crippen LogP) is 6.05. The van der Waals surface area contributed by atoms with Gasteiger partial charge in [0.05, 0.1) is 23.2 Å². The van der Waals surface area contributed by atoms with Crippen LogP contribution in [0.2, 0.25) is 0 Å². The van der Waals surface area contributed by atoms with Gasteiger partial charge >= 0.3 is 12.2 Å². The molecule has 8 nitrogen and oxygen atoms in total. The van der Waals surface area contributed by atoms with Crippen molar-refractivity contribution < 1.29 is 23.9 Å². The van der Waals surface area contributed by atoms with Gasteiger partial charge in [0.15, 0.2) is 0 Å². The average Bonchev–Trinajstić information content (AvgIpc) is 3.17. The molecule has 1 aromatic carbocycles. The molecule has 4 heterocycles. The van der Waals surface area contributed by atoms with Crippen molar-refractivity contribution in [1.82, 2.24) is 14.4 Å². The molecule has 206 valence electrons. The number of benzene rings is 1. The lowest BCUT2D eigenvalue weighted by Crippen LogP contribution is -2.56. The van der Waals surface area contributed by atoms with Crippen LogP contribution < -0.4 is 0 Å². The van der Waals surface area contributed by atoms with Crippen LogP contribution in [0.1, 0.15) is 90.9 Å². The lowest BCUT2D eigenvalue weighted by atomic mass is 9.79. The average molecular weight is 524 g/mol. The SMILES string of the molecule is CC(C)(C)OC(=O)N1CCCC([C@@H]2CCC[C@@H]3c4c(c5ccccc5n4C(=O)OC(C)(C)C)CCN32)C1=O. The summed E-state index contributed by atoms with van der Waals surface area (Å²) in [7, 11) is 0. The molecule has 8 heteroatoms. The maximum atomic E-state index is 13.7. The van der Waals surface area contributed by atoms with Gasteiger partial charge in [-0.15, -0.1) is 0 Å². The molecule has 0 saturated carbocycles. The zero-order chi connectivity index (χ0) is 27.4. The zero-order valence-electron chi connectivity index (χ0n) is 23.6. The molecule has 0 spiro atoms. The third-order valence-electron chi connectivity index (χ3n) is 7.89. The molecular weight excluding hydrogens is 482 g/mol. The van der Waals surface area contributed by atoms with E-state index in [1.54, 1.807) is 4.57 Å². The van der Waals surface area contributed by atoms with Gasteiger partial charge in [-0.3, -0.25) is 9.69 Å². The Morgan fingerprint density at radius 3 is 2.26 bits per heavy atom. The molecule has 1 unspecified atom stereocenters. The first kappa shape index (κ1) is 26.7. The quantitative estimate of drug-likeness (QED) is 0.453. The molecule has 0 bridgehead atoms. The Hall–Kier alpha value is -2.87. The predicted molar refractivity (Wildman–Crippen MR) is 145 cm³/mol. The number of amides is 2. The summed E-state index contributed by atoms with van der Waals surface area (Å²) in [5, 5.41) is 1.10. The molecule has 0 aliphatic carbocycles. The molecule has 38 heavy (non-hydrogen) atoms. The van der Waals surface area contributed by atoms with Gasteiger partial charge < -0.3 is 9.47 Å². The lowest BCUT2D eigenvalue weighted by Gasteiger charge is -2.49. The Bertz CT molecular complexity index is 1250. The molecule has 3 atom stereocenters. The molecule has 2 saturated heterocycles. The summed E-state index contributed by atoms with van der Waals surface area (Å²) >= 11 is 0. The van der Waals surface area contributed by atoms with E-state index < -0.39 is 17.3 Å².